The maximum Gasteiger partial charge on any atom is 0.336 e. The van der Waals surface area contributed by atoms with Gasteiger partial charge in [-0.3, -0.25) is 4.48 Å². The zero-order valence-electron chi connectivity index (χ0n) is 12.8. The highest BCUT2D eigenvalue weighted by Gasteiger charge is 2.48. The van der Waals surface area contributed by atoms with Crippen molar-refractivity contribution in [2.45, 2.75) is 6.54 Å². The third-order valence-electron chi connectivity index (χ3n) is 4.90. The topological polar surface area (TPSA) is 39.9 Å². The summed E-state index contributed by atoms with van der Waals surface area (Å²) in [5.74, 6) is 0. The summed E-state index contributed by atoms with van der Waals surface area (Å²) in [4.78, 5) is 18.9. The third-order valence-corrected chi connectivity index (χ3v) is 4.90. The van der Waals surface area contributed by atoms with E-state index in [1.807, 2.05) is 12.1 Å². The zero-order chi connectivity index (χ0) is 14.7. The standard InChI is InChI=1S/C16H19N4O2.ClH/c21-16-4-2-14-5-13(1-3-15(14)22-16)6-20-10-17-7-18(11-20)9-19(8-17)12-20;/h1-5H,6-12H2;1H/q+1;/p-1. The molecule has 1 aromatic carbocycles. The van der Waals surface area contributed by atoms with Crippen LogP contribution in [0, 0.1) is 0 Å². The van der Waals surface area contributed by atoms with Gasteiger partial charge in [-0.1, -0.05) is 0 Å². The van der Waals surface area contributed by atoms with E-state index in [2.05, 4.69) is 26.8 Å². The van der Waals surface area contributed by atoms with Gasteiger partial charge >= 0.3 is 5.63 Å². The van der Waals surface area contributed by atoms with Crippen LogP contribution >= 0.6 is 0 Å². The second-order valence-corrected chi connectivity index (χ2v) is 6.99. The summed E-state index contributed by atoms with van der Waals surface area (Å²) in [6.45, 7) is 7.76. The number of fused-ring (bicyclic) bond motifs is 1. The van der Waals surface area contributed by atoms with Crippen molar-refractivity contribution in [3.05, 3.63) is 46.3 Å². The Bertz CT molecular complexity index is 771. The lowest BCUT2D eigenvalue weighted by molar-refractivity contribution is -0.991. The van der Waals surface area contributed by atoms with Crippen molar-refractivity contribution in [2.75, 3.05) is 40.0 Å². The van der Waals surface area contributed by atoms with Crippen molar-refractivity contribution in [3.8, 4) is 0 Å². The van der Waals surface area contributed by atoms with Crippen molar-refractivity contribution < 1.29 is 21.3 Å². The van der Waals surface area contributed by atoms with Gasteiger partial charge in [0.15, 0.2) is 0 Å². The normalized spacial score (nSPS) is 34.5. The number of quaternary nitrogens is 1. The molecule has 0 spiro atoms. The van der Waals surface area contributed by atoms with Gasteiger partial charge in [0, 0.05) is 17.0 Å². The van der Waals surface area contributed by atoms with Gasteiger partial charge in [0.25, 0.3) is 0 Å². The second kappa shape index (κ2) is 5.29. The van der Waals surface area contributed by atoms with Crippen molar-refractivity contribution in [1.29, 1.82) is 0 Å². The van der Waals surface area contributed by atoms with Crippen LogP contribution in [-0.4, -0.2) is 59.2 Å². The predicted octanol–water partition coefficient (Wildman–Crippen LogP) is -2.19. The van der Waals surface area contributed by atoms with Crippen LogP contribution in [0.5, 0.6) is 0 Å². The van der Waals surface area contributed by atoms with Gasteiger partial charge in [-0.25, -0.2) is 19.5 Å². The molecule has 0 radical (unpaired) electrons. The van der Waals surface area contributed by atoms with Crippen molar-refractivity contribution in [2.24, 2.45) is 0 Å². The van der Waals surface area contributed by atoms with Crippen LogP contribution in [0.25, 0.3) is 11.0 Å². The molecule has 4 fully saturated rings. The Morgan fingerprint density at radius 2 is 1.61 bits per heavy atom. The van der Waals surface area contributed by atoms with E-state index in [0.717, 1.165) is 56.4 Å². The number of nitrogens with zero attached hydrogens (tertiary/aromatic N) is 4. The minimum absolute atomic E-state index is 0. The fraction of sp³-hybridized carbons (Fsp3) is 0.438. The molecule has 0 amide bonds. The van der Waals surface area contributed by atoms with E-state index in [9.17, 15) is 4.79 Å². The van der Waals surface area contributed by atoms with Gasteiger partial charge in [-0.05, 0) is 24.3 Å². The lowest BCUT2D eigenvalue weighted by Crippen LogP contribution is -3.00. The Hall–Kier alpha value is -1.44. The minimum Gasteiger partial charge on any atom is -1.00 e. The Morgan fingerprint density at radius 3 is 2.26 bits per heavy atom. The number of benzene rings is 1. The smallest absolute Gasteiger partial charge is 0.336 e. The molecule has 1 aromatic heterocycles. The highest BCUT2D eigenvalue weighted by atomic mass is 35.5. The molecule has 122 valence electrons. The van der Waals surface area contributed by atoms with E-state index >= 15 is 0 Å². The molecule has 23 heavy (non-hydrogen) atoms. The molecule has 6 rings (SSSR count). The molecule has 4 bridgehead atoms. The van der Waals surface area contributed by atoms with E-state index in [-0.39, 0.29) is 18.0 Å². The first kappa shape index (κ1) is 15.1. The van der Waals surface area contributed by atoms with E-state index in [1.165, 1.54) is 11.6 Å². The molecule has 0 atom stereocenters. The van der Waals surface area contributed by atoms with E-state index < -0.39 is 0 Å². The number of halogens is 1. The molecule has 0 aliphatic carbocycles. The van der Waals surface area contributed by atoms with E-state index in [4.69, 9.17) is 4.42 Å². The van der Waals surface area contributed by atoms with Gasteiger partial charge in [0.1, 0.15) is 32.1 Å². The number of hydrogen-bond donors (Lipinski definition) is 0. The van der Waals surface area contributed by atoms with E-state index in [1.54, 1.807) is 0 Å². The summed E-state index contributed by atoms with van der Waals surface area (Å²) in [5.41, 5.74) is 1.70. The van der Waals surface area contributed by atoms with Crippen LogP contribution in [0.15, 0.2) is 39.5 Å². The summed E-state index contributed by atoms with van der Waals surface area (Å²) in [5, 5.41) is 1.01. The van der Waals surface area contributed by atoms with Gasteiger partial charge < -0.3 is 16.8 Å². The highest BCUT2D eigenvalue weighted by molar-refractivity contribution is 5.76. The number of rotatable bonds is 2. The Balaban J connectivity index is 0.00000135. The monoisotopic (exact) mass is 334 g/mol. The lowest BCUT2D eigenvalue weighted by Gasteiger charge is -2.60. The van der Waals surface area contributed by atoms with Crippen LogP contribution in [0.4, 0.5) is 0 Å². The molecule has 7 heteroatoms. The van der Waals surface area contributed by atoms with Gasteiger partial charge in [0.05, 0.1) is 20.0 Å². The SMILES string of the molecule is O=c1ccc2cc(C[N+]34CN5CN(CN(C5)C3)C4)ccc2o1.[Cl-]. The molecular weight excluding hydrogens is 316 g/mol. The molecule has 0 N–H and O–H groups in total. The average Bonchev–Trinajstić information content (AvgIpc) is 2.45. The molecular formula is C16H19ClN4O2. The Labute approximate surface area is 140 Å². The highest BCUT2D eigenvalue weighted by Crippen LogP contribution is 2.31. The molecule has 4 aliphatic rings. The van der Waals surface area contributed by atoms with Crippen molar-refractivity contribution >= 4 is 11.0 Å². The van der Waals surface area contributed by atoms with Gasteiger partial charge in [-0.2, -0.15) is 0 Å². The summed E-state index contributed by atoms with van der Waals surface area (Å²) in [7, 11) is 0. The van der Waals surface area contributed by atoms with Crippen LogP contribution in [0.1, 0.15) is 5.56 Å². The van der Waals surface area contributed by atoms with Crippen LogP contribution < -0.4 is 18.0 Å². The lowest BCUT2D eigenvalue weighted by atomic mass is 10.1. The molecule has 0 saturated carbocycles. The fourth-order valence-electron chi connectivity index (χ4n) is 4.41. The summed E-state index contributed by atoms with van der Waals surface area (Å²) in [6, 6.07) is 9.54. The first-order valence-corrected chi connectivity index (χ1v) is 7.73. The van der Waals surface area contributed by atoms with E-state index in [0.29, 0.717) is 5.58 Å². The first-order valence-electron chi connectivity index (χ1n) is 7.73. The fourth-order valence-corrected chi connectivity index (χ4v) is 4.41. The molecule has 6 nitrogen and oxygen atoms in total. The molecule has 4 saturated heterocycles. The number of hydrogen-bond acceptors (Lipinski definition) is 5. The average molecular weight is 335 g/mol. The van der Waals surface area contributed by atoms with Gasteiger partial charge in [0.2, 0.25) is 0 Å². The summed E-state index contributed by atoms with van der Waals surface area (Å²) >= 11 is 0. The molecule has 5 heterocycles. The van der Waals surface area contributed by atoms with Crippen molar-refractivity contribution in [3.63, 3.8) is 0 Å². The minimum atomic E-state index is -0.287. The summed E-state index contributed by atoms with van der Waals surface area (Å²) < 4.78 is 6.31. The molecule has 0 unspecified atom stereocenters. The molecule has 4 aliphatic heterocycles. The van der Waals surface area contributed by atoms with Crippen LogP contribution in [-0.2, 0) is 6.54 Å². The Morgan fingerprint density at radius 1 is 0.957 bits per heavy atom. The zero-order valence-corrected chi connectivity index (χ0v) is 13.6. The quantitative estimate of drug-likeness (QED) is 0.461. The largest absolute Gasteiger partial charge is 1.00 e. The predicted molar refractivity (Wildman–Crippen MR) is 81.2 cm³/mol. The van der Waals surface area contributed by atoms with Gasteiger partial charge in [-0.15, -0.1) is 0 Å². The second-order valence-electron chi connectivity index (χ2n) is 6.99. The maximum atomic E-state index is 11.3. The van der Waals surface area contributed by atoms with Crippen molar-refractivity contribution in [1.82, 2.24) is 14.7 Å². The first-order chi connectivity index (χ1) is 10.7. The summed E-state index contributed by atoms with van der Waals surface area (Å²) in [6.07, 6.45) is 0. The third kappa shape index (κ3) is 2.56. The maximum absolute atomic E-state index is 11.3. The van der Waals surface area contributed by atoms with Crippen LogP contribution in [0.3, 0.4) is 0 Å². The molecule has 2 aromatic rings. The Kier molecular flexibility index (Phi) is 3.48. The van der Waals surface area contributed by atoms with Crippen LogP contribution in [0.2, 0.25) is 0 Å².